The van der Waals surface area contributed by atoms with Crippen LogP contribution in [0.3, 0.4) is 0 Å². The van der Waals surface area contributed by atoms with E-state index in [1.165, 1.54) is 16.7 Å². The molecule has 7 nitrogen and oxygen atoms in total. The molecule has 0 atom stereocenters. The summed E-state index contributed by atoms with van der Waals surface area (Å²) in [4.78, 5) is 15.4. The Morgan fingerprint density at radius 3 is 2.78 bits per heavy atom. The molecule has 2 N–H and O–H groups in total. The average Bonchev–Trinajstić information content (AvgIpc) is 2.74. The molecule has 8 heteroatoms. The van der Waals surface area contributed by atoms with E-state index in [-0.39, 0.29) is 24.4 Å². The third-order valence-corrected chi connectivity index (χ3v) is 5.66. The predicted molar refractivity (Wildman–Crippen MR) is 126 cm³/mol. The van der Waals surface area contributed by atoms with E-state index in [1.54, 1.807) is 18.5 Å². The predicted octanol–water partition coefficient (Wildman–Crippen LogP) is 4.44. The third-order valence-electron chi connectivity index (χ3n) is 5.45. The van der Waals surface area contributed by atoms with E-state index in [0.29, 0.717) is 10.9 Å². The Morgan fingerprint density at radius 1 is 1.19 bits per heavy atom. The Labute approximate surface area is 193 Å². The summed E-state index contributed by atoms with van der Waals surface area (Å²) in [6.07, 6.45) is 4.34. The van der Waals surface area contributed by atoms with Crippen LogP contribution in [0.1, 0.15) is 36.1 Å². The second-order valence-electron chi connectivity index (χ2n) is 8.43. The molecule has 0 radical (unpaired) electrons. The Balaban J connectivity index is 1.60. The molecule has 168 valence electrons. The summed E-state index contributed by atoms with van der Waals surface area (Å²) in [5.41, 5.74) is 12.6. The number of hydrogen-bond donors (Lipinski definition) is 1. The zero-order chi connectivity index (χ0) is 22.8. The summed E-state index contributed by atoms with van der Waals surface area (Å²) in [5, 5.41) is 0.363. The summed E-state index contributed by atoms with van der Waals surface area (Å²) in [5.74, 6) is 1.12. The Kier molecular flexibility index (Phi) is 6.48. The first-order valence-electron chi connectivity index (χ1n) is 10.7. The third kappa shape index (κ3) is 4.95. The van der Waals surface area contributed by atoms with Crippen molar-refractivity contribution in [2.24, 2.45) is 0 Å². The lowest BCUT2D eigenvalue weighted by molar-refractivity contribution is 0.228. The first-order valence-corrected chi connectivity index (χ1v) is 11.1. The van der Waals surface area contributed by atoms with Crippen molar-refractivity contribution in [1.82, 2.24) is 19.9 Å². The topological polar surface area (TPSA) is 86.4 Å². The summed E-state index contributed by atoms with van der Waals surface area (Å²) in [6, 6.07) is 6.07. The molecule has 2 aromatic heterocycles. The molecule has 0 spiro atoms. The Morgan fingerprint density at radius 2 is 2.00 bits per heavy atom. The molecule has 1 aliphatic heterocycles. The number of likely N-dealkylation sites (N-methyl/N-ethyl adjacent to an activating group) is 1. The van der Waals surface area contributed by atoms with Crippen molar-refractivity contribution in [3.05, 3.63) is 58.0 Å². The van der Waals surface area contributed by atoms with Crippen LogP contribution in [0.5, 0.6) is 11.6 Å². The molecule has 1 aromatic carbocycles. The molecule has 4 rings (SSSR count). The van der Waals surface area contributed by atoms with E-state index < -0.39 is 0 Å². The lowest BCUT2D eigenvalue weighted by atomic mass is 9.92. The standard InChI is InChI=1S/C24H28ClN5O2/c1-14(2)32-21-11-27-22(25)9-18(21)13-31-24-23(26)28-10-20(29-24)16-7-15(3)19-5-6-30(4)12-17(19)8-16/h7-11,14H,5-6,12-13H2,1-4H3,(H2,26,28). The van der Waals surface area contributed by atoms with Crippen molar-refractivity contribution in [3.8, 4) is 22.9 Å². The Bertz CT molecular complexity index is 1140. The van der Waals surface area contributed by atoms with Gasteiger partial charge in [-0.25, -0.2) is 15.0 Å². The summed E-state index contributed by atoms with van der Waals surface area (Å²) < 4.78 is 11.8. The number of rotatable bonds is 6. The van der Waals surface area contributed by atoms with Crippen molar-refractivity contribution < 1.29 is 9.47 Å². The van der Waals surface area contributed by atoms with Gasteiger partial charge in [0, 0.05) is 24.2 Å². The van der Waals surface area contributed by atoms with Crippen LogP contribution in [-0.2, 0) is 19.6 Å². The van der Waals surface area contributed by atoms with Crippen LogP contribution in [0.2, 0.25) is 5.15 Å². The van der Waals surface area contributed by atoms with Crippen molar-refractivity contribution in [1.29, 1.82) is 0 Å². The van der Waals surface area contributed by atoms with Crippen molar-refractivity contribution >= 4 is 17.4 Å². The van der Waals surface area contributed by atoms with Crippen LogP contribution in [0.15, 0.2) is 30.6 Å². The van der Waals surface area contributed by atoms with E-state index in [1.807, 2.05) is 13.8 Å². The number of ether oxygens (including phenoxy) is 2. The molecule has 0 saturated heterocycles. The van der Waals surface area contributed by atoms with Gasteiger partial charge < -0.3 is 20.1 Å². The average molecular weight is 454 g/mol. The minimum Gasteiger partial charge on any atom is -0.489 e. The second kappa shape index (κ2) is 9.30. The number of nitrogens with zero attached hydrogens (tertiary/aromatic N) is 4. The Hall–Kier alpha value is -2.90. The molecule has 32 heavy (non-hydrogen) atoms. The lowest BCUT2D eigenvalue weighted by Gasteiger charge is -2.27. The fraction of sp³-hybridized carbons (Fsp3) is 0.375. The monoisotopic (exact) mass is 453 g/mol. The molecule has 0 aliphatic carbocycles. The first kappa shape index (κ1) is 22.3. The van der Waals surface area contributed by atoms with Gasteiger partial charge in [0.1, 0.15) is 17.5 Å². The number of fused-ring (bicyclic) bond motifs is 1. The van der Waals surface area contributed by atoms with Gasteiger partial charge in [-0.3, -0.25) is 0 Å². The quantitative estimate of drug-likeness (QED) is 0.552. The highest BCUT2D eigenvalue weighted by atomic mass is 35.5. The van der Waals surface area contributed by atoms with E-state index in [4.69, 9.17) is 26.8 Å². The number of nitrogens with two attached hydrogens (primary N) is 1. The maximum atomic E-state index is 6.08. The highest BCUT2D eigenvalue weighted by molar-refractivity contribution is 6.29. The summed E-state index contributed by atoms with van der Waals surface area (Å²) >= 11 is 6.08. The van der Waals surface area contributed by atoms with Crippen LogP contribution in [0.25, 0.3) is 11.3 Å². The molecule has 0 saturated carbocycles. The van der Waals surface area contributed by atoms with Crippen molar-refractivity contribution in [2.75, 3.05) is 19.3 Å². The molecule has 0 bridgehead atoms. The fourth-order valence-electron chi connectivity index (χ4n) is 3.91. The van der Waals surface area contributed by atoms with Crippen LogP contribution >= 0.6 is 11.6 Å². The van der Waals surface area contributed by atoms with Gasteiger partial charge in [0.25, 0.3) is 5.88 Å². The van der Waals surface area contributed by atoms with Gasteiger partial charge >= 0.3 is 0 Å². The molecule has 3 heterocycles. The lowest BCUT2D eigenvalue weighted by Crippen LogP contribution is -2.27. The second-order valence-corrected chi connectivity index (χ2v) is 8.82. The molecule has 3 aromatic rings. The van der Waals surface area contributed by atoms with E-state index in [9.17, 15) is 0 Å². The van der Waals surface area contributed by atoms with Gasteiger partial charge in [0.15, 0.2) is 5.82 Å². The van der Waals surface area contributed by atoms with Crippen molar-refractivity contribution in [3.63, 3.8) is 0 Å². The van der Waals surface area contributed by atoms with Crippen molar-refractivity contribution in [2.45, 2.75) is 46.4 Å². The van der Waals surface area contributed by atoms with Gasteiger partial charge in [0.05, 0.1) is 24.2 Å². The van der Waals surface area contributed by atoms with Gasteiger partial charge in [-0.05, 0) is 69.1 Å². The molecule has 0 unspecified atom stereocenters. The number of hydrogen-bond acceptors (Lipinski definition) is 7. The van der Waals surface area contributed by atoms with Gasteiger partial charge in [-0.2, -0.15) is 0 Å². The van der Waals surface area contributed by atoms with Gasteiger partial charge in [0.2, 0.25) is 0 Å². The number of nitrogen functional groups attached to an aromatic ring is 1. The summed E-state index contributed by atoms with van der Waals surface area (Å²) in [6.45, 7) is 8.24. The van der Waals surface area contributed by atoms with Crippen LogP contribution < -0.4 is 15.2 Å². The molecular weight excluding hydrogens is 426 g/mol. The SMILES string of the molecule is Cc1cc(-c2cnc(N)c(OCc3cc(Cl)ncc3OC(C)C)n2)cc2c1CCN(C)C2. The van der Waals surface area contributed by atoms with Gasteiger partial charge in [-0.1, -0.05) is 11.6 Å². The molecular formula is C24H28ClN5O2. The maximum absolute atomic E-state index is 6.08. The minimum atomic E-state index is -0.00351. The van der Waals surface area contributed by atoms with Crippen LogP contribution in [0.4, 0.5) is 5.82 Å². The van der Waals surface area contributed by atoms with Crippen LogP contribution in [-0.4, -0.2) is 39.5 Å². The number of halogens is 1. The first-order chi connectivity index (χ1) is 15.3. The number of anilines is 1. The number of aryl methyl sites for hydroxylation is 1. The van der Waals surface area contributed by atoms with E-state index in [2.05, 4.69) is 46.0 Å². The molecule has 0 amide bonds. The smallest absolute Gasteiger partial charge is 0.258 e. The highest BCUT2D eigenvalue weighted by Gasteiger charge is 2.18. The molecule has 0 fully saturated rings. The maximum Gasteiger partial charge on any atom is 0.258 e. The van der Waals surface area contributed by atoms with Gasteiger partial charge in [-0.15, -0.1) is 0 Å². The highest BCUT2D eigenvalue weighted by Crippen LogP contribution is 2.30. The largest absolute Gasteiger partial charge is 0.489 e. The summed E-state index contributed by atoms with van der Waals surface area (Å²) in [7, 11) is 2.14. The fourth-order valence-corrected chi connectivity index (χ4v) is 4.09. The zero-order valence-electron chi connectivity index (χ0n) is 18.9. The number of benzene rings is 1. The van der Waals surface area contributed by atoms with Crippen LogP contribution in [0, 0.1) is 6.92 Å². The molecule has 1 aliphatic rings. The van der Waals surface area contributed by atoms with E-state index in [0.717, 1.165) is 36.3 Å². The minimum absolute atomic E-state index is 0.00351. The zero-order valence-corrected chi connectivity index (χ0v) is 19.6. The number of aromatic nitrogens is 3. The van der Waals surface area contributed by atoms with E-state index >= 15 is 0 Å². The normalized spacial score (nSPS) is 13.8. The number of pyridine rings is 1.